The number of fused-ring (bicyclic) bond motifs is 5. The summed E-state index contributed by atoms with van der Waals surface area (Å²) >= 11 is 6.92. The first kappa shape index (κ1) is 32.0. The number of nitrogens with two attached hydrogens (primary N) is 1. The first-order valence-corrected chi connectivity index (χ1v) is 15.6. The summed E-state index contributed by atoms with van der Waals surface area (Å²) in [7, 11) is 1.69. The van der Waals surface area contributed by atoms with Gasteiger partial charge in [0.25, 0.3) is 6.08 Å². The smallest absolute Gasteiger partial charge is 0.418 e. The van der Waals surface area contributed by atoms with Crippen molar-refractivity contribution in [2.24, 2.45) is 0 Å². The predicted molar refractivity (Wildman–Crippen MR) is 167 cm³/mol. The van der Waals surface area contributed by atoms with Gasteiger partial charge in [0.1, 0.15) is 23.8 Å². The van der Waals surface area contributed by atoms with Crippen molar-refractivity contribution in [3.05, 3.63) is 51.8 Å². The number of rotatable bonds is 4. The zero-order valence-corrected chi connectivity index (χ0v) is 26.6. The molecule has 3 N–H and O–H groups in total. The van der Waals surface area contributed by atoms with Gasteiger partial charge in [-0.1, -0.05) is 18.2 Å². The van der Waals surface area contributed by atoms with Crippen LogP contribution in [0.1, 0.15) is 49.3 Å². The van der Waals surface area contributed by atoms with Crippen LogP contribution in [0.2, 0.25) is 5.02 Å². The molecule has 4 atom stereocenters. The monoisotopic (exact) mass is 679 g/mol. The standard InChI is InChI=1S/C32H32ClF6N7O/c1-13-7-18-17-6-5-16(41-17)11-46(18)29-21-20(13)24(33)22(26-23(32(37,38)39)14(2)8-19(40)42-26)25(34)27(21)43-30(44-29)47-12-31(3)9-15(28(35)36)10-45(31)4/h8,16-18,41H,1,5-7,9-12H2,2-4H3,(H2,40,42)/t16-,17+,18-,31?/m1/s1. The molecule has 0 amide bonds. The average molecular weight is 680 g/mol. The van der Waals surface area contributed by atoms with E-state index in [4.69, 9.17) is 27.1 Å². The van der Waals surface area contributed by atoms with E-state index in [1.165, 1.54) is 6.92 Å². The second-order valence-electron chi connectivity index (χ2n) is 13.3. The number of likely N-dealkylation sites (tertiary alicyclic amines) is 1. The Morgan fingerprint density at radius 3 is 2.64 bits per heavy atom. The number of ether oxygens (including phenoxy) is 1. The molecule has 15 heteroatoms. The summed E-state index contributed by atoms with van der Waals surface area (Å²) in [6.45, 7) is 7.70. The molecule has 6 heterocycles. The molecule has 2 bridgehead atoms. The van der Waals surface area contributed by atoms with Gasteiger partial charge in [-0.05, 0) is 63.8 Å². The number of halogens is 7. The lowest BCUT2D eigenvalue weighted by atomic mass is 9.91. The Labute approximate surface area is 271 Å². The largest absolute Gasteiger partial charge is 0.461 e. The Kier molecular flexibility index (Phi) is 7.45. The van der Waals surface area contributed by atoms with Gasteiger partial charge in [0.05, 0.1) is 32.8 Å². The average Bonchev–Trinajstić information content (AvgIpc) is 3.48. The van der Waals surface area contributed by atoms with Gasteiger partial charge >= 0.3 is 12.2 Å². The van der Waals surface area contributed by atoms with E-state index >= 15 is 4.39 Å². The van der Waals surface area contributed by atoms with Crippen LogP contribution in [0.3, 0.4) is 0 Å². The molecule has 3 fully saturated rings. The van der Waals surface area contributed by atoms with E-state index in [1.54, 1.807) is 18.9 Å². The Balaban J connectivity index is 1.46. The van der Waals surface area contributed by atoms with E-state index in [2.05, 4.69) is 26.8 Å². The van der Waals surface area contributed by atoms with Crippen LogP contribution in [0, 0.1) is 12.7 Å². The number of hydrogen-bond donors (Lipinski definition) is 2. The Hall–Kier alpha value is -3.62. The molecule has 8 nitrogen and oxygen atoms in total. The lowest BCUT2D eigenvalue weighted by molar-refractivity contribution is -0.137. The molecule has 3 aromatic rings. The predicted octanol–water partition coefficient (Wildman–Crippen LogP) is 6.74. The summed E-state index contributed by atoms with van der Waals surface area (Å²) in [5.41, 5.74) is 2.64. The minimum atomic E-state index is -4.91. The number of nitrogen functional groups attached to an aromatic ring is 1. The molecule has 250 valence electrons. The highest BCUT2D eigenvalue weighted by Crippen LogP contribution is 2.51. The van der Waals surface area contributed by atoms with Crippen LogP contribution in [0.25, 0.3) is 27.7 Å². The van der Waals surface area contributed by atoms with Gasteiger partial charge in [-0.15, -0.1) is 0 Å². The van der Waals surface area contributed by atoms with Crippen molar-refractivity contribution in [2.75, 3.05) is 37.4 Å². The van der Waals surface area contributed by atoms with Crippen molar-refractivity contribution in [3.63, 3.8) is 0 Å². The quantitative estimate of drug-likeness (QED) is 0.293. The number of nitrogens with one attached hydrogen (secondary N) is 1. The maximum atomic E-state index is 17.0. The molecule has 2 aromatic heterocycles. The van der Waals surface area contributed by atoms with Gasteiger partial charge in [-0.3, -0.25) is 4.90 Å². The van der Waals surface area contributed by atoms with Crippen LogP contribution in [-0.4, -0.2) is 70.3 Å². The molecule has 47 heavy (non-hydrogen) atoms. The topological polar surface area (TPSA) is 92.4 Å². The molecule has 0 saturated carbocycles. The van der Waals surface area contributed by atoms with Crippen LogP contribution >= 0.6 is 11.6 Å². The van der Waals surface area contributed by atoms with Crippen molar-refractivity contribution in [1.82, 2.24) is 25.2 Å². The molecule has 3 saturated heterocycles. The fraction of sp³-hybridized carbons (Fsp3) is 0.469. The molecule has 0 aliphatic carbocycles. The summed E-state index contributed by atoms with van der Waals surface area (Å²) in [6, 6.07) is 0.845. The Morgan fingerprint density at radius 1 is 1.21 bits per heavy atom. The number of piperazine rings is 1. The van der Waals surface area contributed by atoms with Crippen molar-refractivity contribution < 1.29 is 31.1 Å². The number of nitrogens with zero attached hydrogens (tertiary/aromatic N) is 5. The number of alkyl halides is 3. The van der Waals surface area contributed by atoms with E-state index in [0.717, 1.165) is 18.9 Å². The minimum absolute atomic E-state index is 0.0115. The van der Waals surface area contributed by atoms with Crippen LogP contribution in [-0.2, 0) is 6.18 Å². The lowest BCUT2D eigenvalue weighted by Gasteiger charge is -2.41. The third kappa shape index (κ3) is 5.10. The van der Waals surface area contributed by atoms with E-state index in [-0.39, 0.29) is 82.2 Å². The highest BCUT2D eigenvalue weighted by Gasteiger charge is 2.46. The molecule has 4 aliphatic rings. The SMILES string of the molecule is C=C1C[C@@H]2[C@@H]3CC[C@H](CN2c2nc(OCC4(C)CC(=C(F)F)CN4C)nc4c(F)c(-c5nc(N)cc(C)c5C(F)(F)F)c(Cl)c1c24)N3. The second kappa shape index (κ2) is 11.0. The summed E-state index contributed by atoms with van der Waals surface area (Å²) < 4.78 is 93.4. The third-order valence-electron chi connectivity index (χ3n) is 10.1. The summed E-state index contributed by atoms with van der Waals surface area (Å²) in [5, 5.41) is 3.52. The molecule has 4 aliphatic heterocycles. The number of likely N-dealkylation sites (N-methyl/N-ethyl adjacent to an activating group) is 1. The molecule has 7 rings (SSSR count). The number of pyridine rings is 1. The molecule has 1 aromatic carbocycles. The van der Waals surface area contributed by atoms with Crippen LogP contribution in [0.5, 0.6) is 6.01 Å². The minimum Gasteiger partial charge on any atom is -0.461 e. The Morgan fingerprint density at radius 2 is 1.96 bits per heavy atom. The van der Waals surface area contributed by atoms with Crippen LogP contribution in [0.4, 0.5) is 38.0 Å². The van der Waals surface area contributed by atoms with E-state index in [9.17, 15) is 22.0 Å². The zero-order chi connectivity index (χ0) is 33.7. The highest BCUT2D eigenvalue weighted by molar-refractivity contribution is 6.37. The van der Waals surface area contributed by atoms with Gasteiger partial charge in [-0.25, -0.2) is 9.37 Å². The first-order chi connectivity index (χ1) is 22.1. The van der Waals surface area contributed by atoms with Gasteiger partial charge in [-0.2, -0.15) is 31.9 Å². The van der Waals surface area contributed by atoms with Crippen molar-refractivity contribution in [3.8, 4) is 17.3 Å². The van der Waals surface area contributed by atoms with Gasteiger partial charge in [0, 0.05) is 42.4 Å². The maximum Gasteiger partial charge on any atom is 0.418 e. The van der Waals surface area contributed by atoms with Crippen LogP contribution in [0.15, 0.2) is 24.3 Å². The molecule has 1 unspecified atom stereocenters. The Bertz CT molecular complexity index is 1880. The maximum absolute atomic E-state index is 17.0. The van der Waals surface area contributed by atoms with Gasteiger partial charge in [0.15, 0.2) is 5.82 Å². The van der Waals surface area contributed by atoms with Crippen LogP contribution < -0.4 is 20.7 Å². The molecular formula is C32H32ClF6N7O. The molecule has 0 spiro atoms. The molecule has 0 radical (unpaired) electrons. The number of anilines is 2. The van der Waals surface area contributed by atoms with Gasteiger partial charge in [0.2, 0.25) is 0 Å². The first-order valence-electron chi connectivity index (χ1n) is 15.2. The summed E-state index contributed by atoms with van der Waals surface area (Å²) in [6.07, 6.45) is -4.44. The molecular weight excluding hydrogens is 648 g/mol. The van der Waals surface area contributed by atoms with Crippen molar-refractivity contribution in [1.29, 1.82) is 0 Å². The lowest BCUT2D eigenvalue weighted by Crippen LogP contribution is -2.58. The van der Waals surface area contributed by atoms with Crippen molar-refractivity contribution >= 4 is 39.7 Å². The van der Waals surface area contributed by atoms with E-state index in [1.807, 2.05) is 0 Å². The summed E-state index contributed by atoms with van der Waals surface area (Å²) in [5.74, 6) is -1.07. The summed E-state index contributed by atoms with van der Waals surface area (Å²) in [4.78, 5) is 16.9. The number of benzene rings is 1. The van der Waals surface area contributed by atoms with Crippen molar-refractivity contribution in [2.45, 2.75) is 69.4 Å². The second-order valence-corrected chi connectivity index (χ2v) is 13.7. The fourth-order valence-electron chi connectivity index (χ4n) is 7.69. The fourth-order valence-corrected chi connectivity index (χ4v) is 8.09. The van der Waals surface area contributed by atoms with Gasteiger partial charge < -0.3 is 20.7 Å². The number of aromatic nitrogens is 3. The number of aryl methyl sites for hydroxylation is 1. The normalized spacial score (nSPS) is 25.8. The zero-order valence-electron chi connectivity index (χ0n) is 25.8. The number of hydrogen-bond acceptors (Lipinski definition) is 8. The third-order valence-corrected chi connectivity index (χ3v) is 10.5. The highest BCUT2D eigenvalue weighted by atomic mass is 35.5. The van der Waals surface area contributed by atoms with E-state index in [0.29, 0.717) is 24.4 Å². The van der Waals surface area contributed by atoms with E-state index < -0.39 is 40.4 Å².